The third-order valence-electron chi connectivity index (χ3n) is 4.10. The third kappa shape index (κ3) is 5.20. The monoisotopic (exact) mass is 371 g/mol. The van der Waals surface area contributed by atoms with Gasteiger partial charge in [0.15, 0.2) is 0 Å². The fourth-order valence-electron chi connectivity index (χ4n) is 2.67. The number of hydrogen-bond acceptors (Lipinski definition) is 4. The Balaban J connectivity index is 2.01. The van der Waals surface area contributed by atoms with Crippen LogP contribution < -0.4 is 16.2 Å². The van der Waals surface area contributed by atoms with E-state index < -0.39 is 17.9 Å². The Morgan fingerprint density at radius 1 is 0.963 bits per heavy atom. The summed E-state index contributed by atoms with van der Waals surface area (Å²) in [6.07, 6.45) is 0. The first-order valence-electron chi connectivity index (χ1n) is 8.73. The predicted molar refractivity (Wildman–Crippen MR) is 101 cm³/mol. The zero-order chi connectivity index (χ0) is 20.1. The molecule has 0 radical (unpaired) electrons. The molecule has 2 rings (SSSR count). The summed E-state index contributed by atoms with van der Waals surface area (Å²) in [5, 5.41) is 2.72. The number of amides is 3. The highest BCUT2D eigenvalue weighted by Gasteiger charge is 2.25. The zero-order valence-corrected chi connectivity index (χ0v) is 16.2. The maximum atomic E-state index is 12.5. The van der Waals surface area contributed by atoms with Crippen LogP contribution in [0.3, 0.4) is 0 Å². The van der Waals surface area contributed by atoms with Gasteiger partial charge in [0.1, 0.15) is 17.6 Å². The van der Waals surface area contributed by atoms with Gasteiger partial charge >= 0.3 is 0 Å². The molecule has 2 aromatic rings. The number of carbonyl (C=O) groups is 3. The van der Waals surface area contributed by atoms with E-state index in [0.29, 0.717) is 22.6 Å². The first kappa shape index (κ1) is 20.2. The molecule has 3 N–H and O–H groups in total. The van der Waals surface area contributed by atoms with E-state index in [-0.39, 0.29) is 11.8 Å². The summed E-state index contributed by atoms with van der Waals surface area (Å²) in [6, 6.07) is 7.89. The molecule has 0 unspecified atom stereocenters. The number of benzene rings is 1. The summed E-state index contributed by atoms with van der Waals surface area (Å²) in [6.45, 7) is 8.91. The summed E-state index contributed by atoms with van der Waals surface area (Å²) in [4.78, 5) is 37.1. The van der Waals surface area contributed by atoms with Crippen molar-refractivity contribution in [3.63, 3.8) is 0 Å². The molecule has 27 heavy (non-hydrogen) atoms. The van der Waals surface area contributed by atoms with Crippen molar-refractivity contribution >= 4 is 17.7 Å². The van der Waals surface area contributed by atoms with Crippen molar-refractivity contribution in [2.24, 2.45) is 5.92 Å². The summed E-state index contributed by atoms with van der Waals surface area (Å²) in [5.41, 5.74) is 6.50. The normalized spacial score (nSPS) is 11.8. The van der Waals surface area contributed by atoms with Gasteiger partial charge in [-0.15, -0.1) is 0 Å². The van der Waals surface area contributed by atoms with Crippen molar-refractivity contribution in [1.82, 2.24) is 16.2 Å². The van der Waals surface area contributed by atoms with Crippen molar-refractivity contribution in [3.05, 3.63) is 58.5 Å². The van der Waals surface area contributed by atoms with Gasteiger partial charge in [-0.05, 0) is 44.9 Å². The zero-order valence-electron chi connectivity index (χ0n) is 16.2. The second-order valence-electron chi connectivity index (χ2n) is 6.83. The summed E-state index contributed by atoms with van der Waals surface area (Å²) in [5.74, 6) is -0.432. The van der Waals surface area contributed by atoms with Crippen LogP contribution in [0.4, 0.5) is 0 Å². The van der Waals surface area contributed by atoms with Crippen molar-refractivity contribution in [3.8, 4) is 0 Å². The summed E-state index contributed by atoms with van der Waals surface area (Å²) in [7, 11) is 0. The van der Waals surface area contributed by atoms with Gasteiger partial charge in [-0.2, -0.15) is 0 Å². The van der Waals surface area contributed by atoms with Gasteiger partial charge in [0, 0.05) is 5.56 Å². The van der Waals surface area contributed by atoms with Crippen LogP contribution in [0.25, 0.3) is 0 Å². The Morgan fingerprint density at radius 2 is 1.67 bits per heavy atom. The molecule has 144 valence electrons. The van der Waals surface area contributed by atoms with Gasteiger partial charge in [-0.1, -0.05) is 31.5 Å². The number of furan rings is 1. The Bertz CT molecular complexity index is 855. The van der Waals surface area contributed by atoms with Crippen LogP contribution >= 0.6 is 0 Å². The van der Waals surface area contributed by atoms with E-state index >= 15 is 0 Å². The Hall–Kier alpha value is -3.09. The van der Waals surface area contributed by atoms with Crippen LogP contribution in [0.2, 0.25) is 0 Å². The maximum Gasteiger partial charge on any atom is 0.273 e. The summed E-state index contributed by atoms with van der Waals surface area (Å²) < 4.78 is 5.31. The second-order valence-corrected chi connectivity index (χ2v) is 6.83. The first-order valence-corrected chi connectivity index (χ1v) is 8.73. The van der Waals surface area contributed by atoms with Crippen molar-refractivity contribution in [2.45, 2.75) is 40.7 Å². The van der Waals surface area contributed by atoms with Crippen molar-refractivity contribution < 1.29 is 18.8 Å². The molecule has 1 aromatic carbocycles. The largest absolute Gasteiger partial charge is 0.466 e. The van der Waals surface area contributed by atoms with E-state index in [1.807, 2.05) is 26.8 Å². The van der Waals surface area contributed by atoms with Gasteiger partial charge in [-0.3, -0.25) is 25.2 Å². The SMILES string of the molecule is Cc1cccc(C(=O)N[C@H](C(=O)NNC(=O)c2cc(C)oc2C)C(C)C)c1. The highest BCUT2D eigenvalue weighted by Crippen LogP contribution is 2.13. The predicted octanol–water partition coefficient (Wildman–Crippen LogP) is 2.42. The van der Waals surface area contributed by atoms with Crippen LogP contribution in [-0.4, -0.2) is 23.8 Å². The average Bonchev–Trinajstić information content (AvgIpc) is 2.95. The van der Waals surface area contributed by atoms with Crippen LogP contribution in [0.15, 0.2) is 34.7 Å². The number of hydrazine groups is 1. The second kappa shape index (κ2) is 8.53. The molecule has 1 atom stereocenters. The topological polar surface area (TPSA) is 100 Å². The molecular weight excluding hydrogens is 346 g/mol. The number of aryl methyl sites for hydroxylation is 3. The minimum Gasteiger partial charge on any atom is -0.466 e. The van der Waals surface area contributed by atoms with E-state index in [9.17, 15) is 14.4 Å². The minimum absolute atomic E-state index is 0.173. The molecule has 1 heterocycles. The smallest absolute Gasteiger partial charge is 0.273 e. The molecule has 7 heteroatoms. The fourth-order valence-corrected chi connectivity index (χ4v) is 2.67. The van der Waals surface area contributed by atoms with Gasteiger partial charge < -0.3 is 9.73 Å². The lowest BCUT2D eigenvalue weighted by atomic mass is 10.0. The van der Waals surface area contributed by atoms with Gasteiger partial charge in [0.25, 0.3) is 17.7 Å². The quantitative estimate of drug-likeness (QED) is 0.703. The van der Waals surface area contributed by atoms with Crippen molar-refractivity contribution in [2.75, 3.05) is 0 Å². The van der Waals surface area contributed by atoms with E-state index in [1.54, 1.807) is 38.1 Å². The molecule has 3 amide bonds. The van der Waals surface area contributed by atoms with Crippen LogP contribution in [0.5, 0.6) is 0 Å². The molecule has 7 nitrogen and oxygen atoms in total. The lowest BCUT2D eigenvalue weighted by Crippen LogP contribution is -2.54. The lowest BCUT2D eigenvalue weighted by molar-refractivity contribution is -0.124. The molecule has 0 saturated carbocycles. The van der Waals surface area contributed by atoms with E-state index in [0.717, 1.165) is 5.56 Å². The van der Waals surface area contributed by atoms with Gasteiger partial charge in [0.05, 0.1) is 5.56 Å². The molecule has 0 saturated heterocycles. The molecule has 0 aliphatic rings. The molecular formula is C20H25N3O4. The average molecular weight is 371 g/mol. The van der Waals surface area contributed by atoms with Gasteiger partial charge in [-0.25, -0.2) is 0 Å². The summed E-state index contributed by atoms with van der Waals surface area (Å²) >= 11 is 0. The molecule has 0 bridgehead atoms. The van der Waals surface area contributed by atoms with Crippen molar-refractivity contribution in [1.29, 1.82) is 0 Å². The lowest BCUT2D eigenvalue weighted by Gasteiger charge is -2.22. The number of rotatable bonds is 5. The number of carbonyl (C=O) groups excluding carboxylic acids is 3. The van der Waals surface area contributed by atoms with Crippen LogP contribution in [-0.2, 0) is 4.79 Å². The first-order chi connectivity index (χ1) is 12.7. The Morgan fingerprint density at radius 3 is 2.22 bits per heavy atom. The van der Waals surface area contributed by atoms with E-state index in [4.69, 9.17) is 4.42 Å². The maximum absolute atomic E-state index is 12.5. The molecule has 0 fully saturated rings. The number of hydrogen-bond donors (Lipinski definition) is 3. The highest BCUT2D eigenvalue weighted by atomic mass is 16.3. The Labute approximate surface area is 158 Å². The number of nitrogens with one attached hydrogen (secondary N) is 3. The minimum atomic E-state index is -0.800. The molecule has 0 aliphatic carbocycles. The van der Waals surface area contributed by atoms with E-state index in [2.05, 4.69) is 16.2 Å². The fraction of sp³-hybridized carbons (Fsp3) is 0.350. The third-order valence-corrected chi connectivity index (χ3v) is 4.10. The molecule has 1 aromatic heterocycles. The van der Waals surface area contributed by atoms with Crippen LogP contribution in [0.1, 0.15) is 51.6 Å². The van der Waals surface area contributed by atoms with E-state index in [1.165, 1.54) is 0 Å². The molecule has 0 aliphatic heterocycles. The highest BCUT2D eigenvalue weighted by molar-refractivity contribution is 5.99. The Kier molecular flexibility index (Phi) is 6.39. The molecule has 0 spiro atoms. The van der Waals surface area contributed by atoms with Gasteiger partial charge in [0.2, 0.25) is 0 Å². The standard InChI is InChI=1S/C20H25N3O4/c1-11(2)17(21-18(24)15-8-6-7-12(3)9-15)20(26)23-22-19(25)16-10-13(4)27-14(16)5/h6-11,17H,1-5H3,(H,21,24)(H,22,25)(H,23,26)/t17-/m0/s1. The van der Waals surface area contributed by atoms with Crippen LogP contribution in [0, 0.1) is 26.7 Å².